The van der Waals surface area contributed by atoms with Crippen LogP contribution in [0, 0.1) is 11.3 Å². The van der Waals surface area contributed by atoms with Crippen molar-refractivity contribution in [3.05, 3.63) is 105 Å². The first-order chi connectivity index (χ1) is 14.5. The molecule has 0 fully saturated rings. The SMILES string of the molecule is CCc1c(-c2cccc(C#N)c2)n(-c2ccc(Cl)cc2)c(=O)n1-c1ccc(Cl)cc1. The number of hydrogen-bond acceptors (Lipinski definition) is 2. The molecule has 4 nitrogen and oxygen atoms in total. The quantitative estimate of drug-likeness (QED) is 0.394. The van der Waals surface area contributed by atoms with Crippen molar-refractivity contribution in [2.75, 3.05) is 0 Å². The van der Waals surface area contributed by atoms with Crippen LogP contribution in [0.5, 0.6) is 0 Å². The molecule has 0 amide bonds. The molecule has 0 radical (unpaired) electrons. The molecule has 0 aliphatic heterocycles. The lowest BCUT2D eigenvalue weighted by molar-refractivity contribution is 0.873. The van der Waals surface area contributed by atoms with Crippen LogP contribution in [0.3, 0.4) is 0 Å². The molecule has 6 heteroatoms. The summed E-state index contributed by atoms with van der Waals surface area (Å²) in [7, 11) is 0. The number of nitrogens with zero attached hydrogens (tertiary/aromatic N) is 3. The Morgan fingerprint density at radius 2 is 1.43 bits per heavy atom. The molecule has 4 aromatic rings. The van der Waals surface area contributed by atoms with Crippen LogP contribution in [0.1, 0.15) is 18.2 Å². The molecular weight excluding hydrogens is 417 g/mol. The summed E-state index contributed by atoms with van der Waals surface area (Å²) in [6.45, 7) is 2.00. The zero-order chi connectivity index (χ0) is 21.3. The van der Waals surface area contributed by atoms with Gasteiger partial charge in [-0.15, -0.1) is 0 Å². The number of nitriles is 1. The van der Waals surface area contributed by atoms with Crippen molar-refractivity contribution in [3.8, 4) is 28.7 Å². The van der Waals surface area contributed by atoms with Crippen LogP contribution in [0.25, 0.3) is 22.6 Å². The number of hydrogen-bond donors (Lipinski definition) is 0. The highest BCUT2D eigenvalue weighted by Gasteiger charge is 2.22. The maximum absolute atomic E-state index is 13.7. The van der Waals surface area contributed by atoms with E-state index in [0.29, 0.717) is 27.7 Å². The summed E-state index contributed by atoms with van der Waals surface area (Å²) < 4.78 is 3.36. The molecule has 30 heavy (non-hydrogen) atoms. The van der Waals surface area contributed by atoms with Crippen LogP contribution in [-0.2, 0) is 6.42 Å². The van der Waals surface area contributed by atoms with Crippen molar-refractivity contribution >= 4 is 23.2 Å². The van der Waals surface area contributed by atoms with Gasteiger partial charge in [-0.1, -0.05) is 42.3 Å². The van der Waals surface area contributed by atoms with Crippen molar-refractivity contribution < 1.29 is 0 Å². The second kappa shape index (κ2) is 8.23. The monoisotopic (exact) mass is 433 g/mol. The van der Waals surface area contributed by atoms with Crippen molar-refractivity contribution in [2.24, 2.45) is 0 Å². The minimum Gasteiger partial charge on any atom is -0.264 e. The van der Waals surface area contributed by atoms with Gasteiger partial charge in [0, 0.05) is 15.6 Å². The van der Waals surface area contributed by atoms with Crippen LogP contribution < -0.4 is 5.69 Å². The van der Waals surface area contributed by atoms with E-state index < -0.39 is 0 Å². The summed E-state index contributed by atoms with van der Waals surface area (Å²) in [5.74, 6) is 0. The molecule has 0 unspecified atom stereocenters. The topological polar surface area (TPSA) is 50.7 Å². The lowest BCUT2D eigenvalue weighted by atomic mass is 10.1. The summed E-state index contributed by atoms with van der Waals surface area (Å²) in [4.78, 5) is 13.7. The first-order valence-electron chi connectivity index (χ1n) is 9.42. The maximum Gasteiger partial charge on any atom is 0.338 e. The summed E-state index contributed by atoms with van der Waals surface area (Å²) in [5.41, 5.74) is 4.14. The van der Waals surface area contributed by atoms with E-state index in [0.717, 1.165) is 22.6 Å². The summed E-state index contributed by atoms with van der Waals surface area (Å²) in [5, 5.41) is 10.6. The molecule has 0 saturated heterocycles. The molecular formula is C24H17Cl2N3O. The van der Waals surface area contributed by atoms with Gasteiger partial charge >= 0.3 is 5.69 Å². The van der Waals surface area contributed by atoms with E-state index in [1.165, 1.54) is 0 Å². The van der Waals surface area contributed by atoms with E-state index in [1.54, 1.807) is 45.5 Å². The first kappa shape index (κ1) is 20.0. The van der Waals surface area contributed by atoms with E-state index in [1.807, 2.05) is 43.3 Å². The predicted molar refractivity (Wildman–Crippen MR) is 121 cm³/mol. The van der Waals surface area contributed by atoms with E-state index >= 15 is 0 Å². The van der Waals surface area contributed by atoms with Crippen LogP contribution in [0.15, 0.2) is 77.6 Å². The minimum atomic E-state index is -0.200. The van der Waals surface area contributed by atoms with Gasteiger partial charge in [0.2, 0.25) is 0 Å². The first-order valence-corrected chi connectivity index (χ1v) is 10.2. The molecule has 0 spiro atoms. The van der Waals surface area contributed by atoms with Gasteiger partial charge in [-0.05, 0) is 67.1 Å². The van der Waals surface area contributed by atoms with Gasteiger partial charge in [0.05, 0.1) is 34.4 Å². The fourth-order valence-corrected chi connectivity index (χ4v) is 3.84. The lowest BCUT2D eigenvalue weighted by Crippen LogP contribution is -2.23. The predicted octanol–water partition coefficient (Wildman–Crippen LogP) is 6.04. The Morgan fingerprint density at radius 3 is 1.97 bits per heavy atom. The second-order valence-electron chi connectivity index (χ2n) is 6.75. The van der Waals surface area contributed by atoms with E-state index in [9.17, 15) is 10.1 Å². The summed E-state index contributed by atoms with van der Waals surface area (Å²) >= 11 is 12.1. The Bertz CT molecular complexity index is 1310. The molecule has 0 atom stereocenters. The molecule has 4 rings (SSSR count). The van der Waals surface area contributed by atoms with Crippen molar-refractivity contribution in [1.29, 1.82) is 5.26 Å². The van der Waals surface area contributed by atoms with Crippen molar-refractivity contribution in [2.45, 2.75) is 13.3 Å². The highest BCUT2D eigenvalue weighted by Crippen LogP contribution is 2.29. The Hall–Kier alpha value is -3.26. The molecule has 148 valence electrons. The van der Waals surface area contributed by atoms with Crippen LogP contribution in [-0.4, -0.2) is 9.13 Å². The van der Waals surface area contributed by atoms with E-state index in [-0.39, 0.29) is 5.69 Å². The Labute approximate surface area is 184 Å². The highest BCUT2D eigenvalue weighted by molar-refractivity contribution is 6.30. The second-order valence-corrected chi connectivity index (χ2v) is 7.62. The largest absolute Gasteiger partial charge is 0.338 e. The molecule has 0 aliphatic carbocycles. The average molecular weight is 434 g/mol. The molecule has 0 saturated carbocycles. The third-order valence-corrected chi connectivity index (χ3v) is 5.42. The van der Waals surface area contributed by atoms with Gasteiger partial charge in [0.25, 0.3) is 0 Å². The fraction of sp³-hybridized carbons (Fsp3) is 0.0833. The Kier molecular flexibility index (Phi) is 5.50. The van der Waals surface area contributed by atoms with Gasteiger partial charge < -0.3 is 0 Å². The fourth-order valence-electron chi connectivity index (χ4n) is 3.59. The zero-order valence-corrected chi connectivity index (χ0v) is 17.7. The molecule has 0 bridgehead atoms. The Morgan fingerprint density at radius 1 is 0.867 bits per heavy atom. The highest BCUT2D eigenvalue weighted by atomic mass is 35.5. The summed E-state index contributed by atoms with van der Waals surface area (Å²) in [6.07, 6.45) is 0.616. The molecule has 1 heterocycles. The Balaban J connectivity index is 2.09. The number of rotatable bonds is 4. The number of benzene rings is 3. The van der Waals surface area contributed by atoms with Gasteiger partial charge in [-0.3, -0.25) is 9.13 Å². The smallest absolute Gasteiger partial charge is 0.264 e. The third-order valence-electron chi connectivity index (χ3n) is 4.92. The lowest BCUT2D eigenvalue weighted by Gasteiger charge is -2.10. The summed E-state index contributed by atoms with van der Waals surface area (Å²) in [6, 6.07) is 23.8. The minimum absolute atomic E-state index is 0.200. The molecule has 1 aromatic heterocycles. The van der Waals surface area contributed by atoms with Crippen LogP contribution in [0.4, 0.5) is 0 Å². The zero-order valence-electron chi connectivity index (χ0n) is 16.1. The number of aromatic nitrogens is 2. The van der Waals surface area contributed by atoms with Crippen LogP contribution in [0.2, 0.25) is 10.0 Å². The van der Waals surface area contributed by atoms with Gasteiger partial charge in [0.15, 0.2) is 0 Å². The maximum atomic E-state index is 13.7. The van der Waals surface area contributed by atoms with Crippen LogP contribution >= 0.6 is 23.2 Å². The third kappa shape index (κ3) is 3.54. The molecule has 0 aliphatic rings. The molecule has 3 aromatic carbocycles. The van der Waals surface area contributed by atoms with E-state index in [4.69, 9.17) is 23.2 Å². The van der Waals surface area contributed by atoms with Gasteiger partial charge in [0.1, 0.15) is 0 Å². The van der Waals surface area contributed by atoms with Gasteiger partial charge in [-0.25, -0.2) is 4.79 Å². The normalized spacial score (nSPS) is 10.7. The van der Waals surface area contributed by atoms with E-state index in [2.05, 4.69) is 6.07 Å². The number of imidazole rings is 1. The van der Waals surface area contributed by atoms with Gasteiger partial charge in [-0.2, -0.15) is 5.26 Å². The van der Waals surface area contributed by atoms with Crippen molar-refractivity contribution in [1.82, 2.24) is 9.13 Å². The number of halogens is 2. The van der Waals surface area contributed by atoms with Crippen molar-refractivity contribution in [3.63, 3.8) is 0 Å². The molecule has 0 N–H and O–H groups in total. The average Bonchev–Trinajstić information content (AvgIpc) is 3.07. The standard InChI is InChI=1S/C24H17Cl2N3O/c1-2-22-23(17-5-3-4-16(14-17)15-27)29(21-12-8-19(26)9-13-21)24(30)28(22)20-10-6-18(25)7-11-20/h3-14H,2H2,1H3.